The van der Waals surface area contributed by atoms with Crippen molar-refractivity contribution in [3.63, 3.8) is 0 Å². The molecule has 0 aliphatic heterocycles. The van der Waals surface area contributed by atoms with Crippen molar-refractivity contribution in [2.75, 3.05) is 7.11 Å². The minimum atomic E-state index is -1.24. The molecule has 0 saturated carbocycles. The Hall–Kier alpha value is -3.12. The number of esters is 1. The second kappa shape index (κ2) is 11.1. The molecule has 33 heavy (non-hydrogen) atoms. The van der Waals surface area contributed by atoms with E-state index in [4.69, 9.17) is 4.74 Å². The summed E-state index contributed by atoms with van der Waals surface area (Å²) in [7, 11) is 1.29. The molecular formula is C27H28F3NO2. The maximum atomic E-state index is 14.6. The lowest BCUT2D eigenvalue weighted by atomic mass is 9.93. The number of rotatable bonds is 9. The molecule has 0 N–H and O–H groups in total. The second-order valence-electron chi connectivity index (χ2n) is 8.12. The lowest BCUT2D eigenvalue weighted by Crippen LogP contribution is -2.42. The Kier molecular flexibility index (Phi) is 8.28. The predicted octanol–water partition coefficient (Wildman–Crippen LogP) is 6.40. The Labute approximate surface area is 192 Å². The van der Waals surface area contributed by atoms with Crippen molar-refractivity contribution in [1.82, 2.24) is 4.90 Å². The van der Waals surface area contributed by atoms with E-state index < -0.39 is 29.5 Å². The van der Waals surface area contributed by atoms with E-state index >= 15 is 0 Å². The summed E-state index contributed by atoms with van der Waals surface area (Å²) in [6.45, 7) is 4.03. The highest BCUT2D eigenvalue weighted by Gasteiger charge is 2.32. The average molecular weight is 456 g/mol. The molecule has 2 unspecified atom stereocenters. The van der Waals surface area contributed by atoms with Crippen molar-refractivity contribution >= 4 is 5.97 Å². The van der Waals surface area contributed by atoms with E-state index in [0.717, 1.165) is 17.2 Å². The van der Waals surface area contributed by atoms with Gasteiger partial charge in [0, 0.05) is 24.2 Å². The highest BCUT2D eigenvalue weighted by Crippen LogP contribution is 2.35. The number of nitrogens with zero attached hydrogens (tertiary/aromatic N) is 1. The van der Waals surface area contributed by atoms with Gasteiger partial charge in [-0.15, -0.1) is 0 Å². The largest absolute Gasteiger partial charge is 0.469 e. The van der Waals surface area contributed by atoms with Crippen LogP contribution >= 0.6 is 0 Å². The van der Waals surface area contributed by atoms with Crippen molar-refractivity contribution in [1.29, 1.82) is 0 Å². The summed E-state index contributed by atoms with van der Waals surface area (Å²) < 4.78 is 47.0. The van der Waals surface area contributed by atoms with Crippen LogP contribution in [0.5, 0.6) is 0 Å². The topological polar surface area (TPSA) is 29.5 Å². The van der Waals surface area contributed by atoms with Crippen LogP contribution in [0.1, 0.15) is 49.0 Å². The second-order valence-corrected chi connectivity index (χ2v) is 8.12. The van der Waals surface area contributed by atoms with Gasteiger partial charge in [-0.1, -0.05) is 60.7 Å². The molecule has 3 atom stereocenters. The number of halogens is 3. The van der Waals surface area contributed by atoms with Gasteiger partial charge in [-0.3, -0.25) is 9.69 Å². The molecule has 0 radical (unpaired) electrons. The first-order valence-electron chi connectivity index (χ1n) is 10.9. The van der Waals surface area contributed by atoms with Crippen molar-refractivity contribution in [3.05, 3.63) is 107 Å². The van der Waals surface area contributed by atoms with Crippen LogP contribution in [-0.2, 0) is 16.0 Å². The van der Waals surface area contributed by atoms with E-state index in [1.807, 2.05) is 74.5 Å². The molecule has 0 saturated heterocycles. The van der Waals surface area contributed by atoms with Crippen molar-refractivity contribution in [2.45, 2.75) is 44.8 Å². The van der Waals surface area contributed by atoms with Crippen LogP contribution in [0.15, 0.2) is 72.8 Å². The van der Waals surface area contributed by atoms with E-state index in [-0.39, 0.29) is 30.5 Å². The predicted molar refractivity (Wildman–Crippen MR) is 122 cm³/mol. The first-order chi connectivity index (χ1) is 15.8. The van der Waals surface area contributed by atoms with E-state index in [2.05, 4.69) is 4.90 Å². The Morgan fingerprint density at radius 3 is 1.79 bits per heavy atom. The van der Waals surface area contributed by atoms with Crippen LogP contribution in [0, 0.1) is 17.5 Å². The summed E-state index contributed by atoms with van der Waals surface area (Å²) in [4.78, 5) is 14.5. The Morgan fingerprint density at radius 2 is 1.30 bits per heavy atom. The Balaban J connectivity index is 2.08. The zero-order chi connectivity index (χ0) is 24.0. The van der Waals surface area contributed by atoms with Crippen LogP contribution in [0.4, 0.5) is 13.2 Å². The van der Waals surface area contributed by atoms with Gasteiger partial charge in [-0.05, 0) is 43.0 Å². The molecule has 0 spiro atoms. The summed E-state index contributed by atoms with van der Waals surface area (Å²) in [5, 5.41) is 0. The number of carbonyl (C=O) groups excluding carboxylic acids is 1. The molecule has 3 aromatic carbocycles. The highest BCUT2D eigenvalue weighted by atomic mass is 19.2. The van der Waals surface area contributed by atoms with E-state index in [1.165, 1.54) is 7.11 Å². The molecule has 6 heteroatoms. The minimum absolute atomic E-state index is 0.00643. The molecule has 0 bridgehead atoms. The Morgan fingerprint density at radius 1 is 0.818 bits per heavy atom. The maximum Gasteiger partial charge on any atom is 0.307 e. The summed E-state index contributed by atoms with van der Waals surface area (Å²) in [5.74, 6) is -3.67. The molecule has 0 aromatic heterocycles. The molecule has 0 fully saturated rings. The lowest BCUT2D eigenvalue weighted by Gasteiger charge is -2.41. The molecule has 0 aliphatic rings. The van der Waals surface area contributed by atoms with Gasteiger partial charge in [0.1, 0.15) is 5.82 Å². The minimum Gasteiger partial charge on any atom is -0.469 e. The van der Waals surface area contributed by atoms with Gasteiger partial charge in [0.05, 0.1) is 13.5 Å². The standard InChI is InChI=1S/C27H28F3NO2/c1-18(20-10-6-4-7-11-20)31(19(2)21-12-8-5-9-13-21)23(16-27(32)33-3)14-22-15-25(29)26(30)17-24(22)28/h4-13,15,17-19,23H,14,16H2,1-3H3/t18?,19?,23-/m1/s1. The molecule has 3 nitrogen and oxygen atoms in total. The van der Waals surface area contributed by atoms with E-state index in [0.29, 0.717) is 6.07 Å². The third kappa shape index (κ3) is 6.02. The number of methoxy groups -OCH3 is 1. The van der Waals surface area contributed by atoms with Gasteiger partial charge in [0.2, 0.25) is 0 Å². The third-order valence-corrected chi connectivity index (χ3v) is 6.05. The molecule has 174 valence electrons. The monoisotopic (exact) mass is 455 g/mol. The molecule has 0 heterocycles. The summed E-state index contributed by atoms with van der Waals surface area (Å²) in [6.07, 6.45) is -0.0320. The van der Waals surface area contributed by atoms with E-state index in [1.54, 1.807) is 0 Å². The molecule has 0 amide bonds. The third-order valence-electron chi connectivity index (χ3n) is 6.05. The van der Waals surface area contributed by atoms with Crippen LogP contribution < -0.4 is 0 Å². The van der Waals surface area contributed by atoms with Crippen molar-refractivity contribution < 1.29 is 22.7 Å². The average Bonchev–Trinajstić information content (AvgIpc) is 2.83. The molecule has 3 aromatic rings. The number of carbonyl (C=O) groups is 1. The fraction of sp³-hybridized carbons (Fsp3) is 0.296. The summed E-state index contributed by atoms with van der Waals surface area (Å²) in [6, 6.07) is 20.1. The van der Waals surface area contributed by atoms with Crippen LogP contribution in [0.2, 0.25) is 0 Å². The summed E-state index contributed by atoms with van der Waals surface area (Å²) >= 11 is 0. The number of benzene rings is 3. The van der Waals surface area contributed by atoms with Gasteiger partial charge in [0.25, 0.3) is 0 Å². The Bertz CT molecular complexity index is 1010. The van der Waals surface area contributed by atoms with Gasteiger partial charge < -0.3 is 4.74 Å². The number of ether oxygens (including phenoxy) is 1. The van der Waals surface area contributed by atoms with Gasteiger partial charge in [-0.2, -0.15) is 0 Å². The fourth-order valence-electron chi connectivity index (χ4n) is 4.31. The van der Waals surface area contributed by atoms with Crippen LogP contribution in [0.25, 0.3) is 0 Å². The summed E-state index contributed by atoms with van der Waals surface area (Å²) in [5.41, 5.74) is 2.04. The maximum absolute atomic E-state index is 14.6. The van der Waals surface area contributed by atoms with Crippen LogP contribution in [-0.4, -0.2) is 24.0 Å². The first-order valence-corrected chi connectivity index (χ1v) is 10.9. The first kappa shape index (κ1) is 24.5. The fourth-order valence-corrected chi connectivity index (χ4v) is 4.31. The lowest BCUT2D eigenvalue weighted by molar-refractivity contribution is -0.142. The number of hydrogen-bond acceptors (Lipinski definition) is 3. The molecular weight excluding hydrogens is 427 g/mol. The zero-order valence-electron chi connectivity index (χ0n) is 19.0. The van der Waals surface area contributed by atoms with Crippen LogP contribution in [0.3, 0.4) is 0 Å². The van der Waals surface area contributed by atoms with Gasteiger partial charge >= 0.3 is 5.97 Å². The number of hydrogen-bond donors (Lipinski definition) is 0. The van der Waals surface area contributed by atoms with Gasteiger partial charge in [0.15, 0.2) is 11.6 Å². The smallest absolute Gasteiger partial charge is 0.307 e. The highest BCUT2D eigenvalue weighted by molar-refractivity contribution is 5.70. The molecule has 3 rings (SSSR count). The van der Waals surface area contributed by atoms with Gasteiger partial charge in [-0.25, -0.2) is 13.2 Å². The van der Waals surface area contributed by atoms with E-state index in [9.17, 15) is 18.0 Å². The SMILES string of the molecule is COC(=O)C[C@@H](Cc1cc(F)c(F)cc1F)N(C(C)c1ccccc1)C(C)c1ccccc1. The normalized spacial score (nSPS) is 14.0. The van der Waals surface area contributed by atoms with Crippen molar-refractivity contribution in [2.24, 2.45) is 0 Å². The molecule has 0 aliphatic carbocycles. The quantitative estimate of drug-likeness (QED) is 0.276. The van der Waals surface area contributed by atoms with Crippen molar-refractivity contribution in [3.8, 4) is 0 Å². The zero-order valence-corrected chi connectivity index (χ0v) is 19.0.